The largest absolute Gasteiger partial charge is 0.315 e. The molecule has 4 nitrogen and oxygen atoms in total. The first-order chi connectivity index (χ1) is 12.4. The summed E-state index contributed by atoms with van der Waals surface area (Å²) < 4.78 is 25.2. The standard InChI is InChI=1S/C18H16BrClN2O2S2/c19-13-6-4-12(5-7-13)9-25-18-21-16-10-26(23,24)11-17(16)22(18)15-3-1-2-14(20)8-15/h1-8,16-17H,9-11H2/t16-,17-/m0/s1. The van der Waals surface area contributed by atoms with Crippen LogP contribution in [0.3, 0.4) is 0 Å². The van der Waals surface area contributed by atoms with Crippen molar-refractivity contribution in [2.75, 3.05) is 16.4 Å². The van der Waals surface area contributed by atoms with E-state index in [4.69, 9.17) is 16.6 Å². The zero-order chi connectivity index (χ0) is 18.3. The van der Waals surface area contributed by atoms with Crippen molar-refractivity contribution in [2.45, 2.75) is 17.8 Å². The molecular formula is C18H16BrClN2O2S2. The summed E-state index contributed by atoms with van der Waals surface area (Å²) in [5, 5.41) is 1.49. The summed E-state index contributed by atoms with van der Waals surface area (Å²) in [6, 6.07) is 15.3. The Balaban J connectivity index is 1.61. The molecule has 0 N–H and O–H groups in total. The van der Waals surface area contributed by atoms with Crippen LogP contribution in [0.25, 0.3) is 0 Å². The van der Waals surface area contributed by atoms with E-state index in [0.29, 0.717) is 5.02 Å². The van der Waals surface area contributed by atoms with Crippen molar-refractivity contribution in [2.24, 2.45) is 4.99 Å². The number of aliphatic imine (C=N–C) groups is 1. The molecule has 2 aromatic rings. The highest BCUT2D eigenvalue weighted by molar-refractivity contribution is 9.10. The Morgan fingerprint density at radius 1 is 1.19 bits per heavy atom. The van der Waals surface area contributed by atoms with Crippen molar-refractivity contribution >= 4 is 60.0 Å². The number of sulfone groups is 1. The number of amidine groups is 1. The van der Waals surface area contributed by atoms with Gasteiger partial charge in [0.05, 0.1) is 23.6 Å². The average molecular weight is 472 g/mol. The van der Waals surface area contributed by atoms with Gasteiger partial charge in [-0.15, -0.1) is 0 Å². The third-order valence-electron chi connectivity index (χ3n) is 4.48. The maximum atomic E-state index is 12.1. The third-order valence-corrected chi connectivity index (χ3v) is 7.98. The summed E-state index contributed by atoms with van der Waals surface area (Å²) in [6.45, 7) is 0. The molecule has 0 bridgehead atoms. The highest BCUT2D eigenvalue weighted by Crippen LogP contribution is 2.36. The molecule has 0 aromatic heterocycles. The number of hydrogen-bond donors (Lipinski definition) is 0. The number of benzene rings is 2. The van der Waals surface area contributed by atoms with Crippen LogP contribution in [0, 0.1) is 0 Å². The van der Waals surface area contributed by atoms with Crippen LogP contribution in [0.2, 0.25) is 5.02 Å². The van der Waals surface area contributed by atoms with E-state index in [0.717, 1.165) is 21.1 Å². The van der Waals surface area contributed by atoms with Crippen molar-refractivity contribution in [3.05, 3.63) is 63.6 Å². The SMILES string of the molecule is O=S1(=O)C[C@@H]2N=C(SCc3ccc(Br)cc3)N(c3cccc(Cl)c3)[C@H]2C1. The smallest absolute Gasteiger partial charge is 0.164 e. The van der Waals surface area contributed by atoms with Crippen LogP contribution >= 0.6 is 39.3 Å². The molecule has 2 aliphatic rings. The molecule has 2 heterocycles. The van der Waals surface area contributed by atoms with Crippen molar-refractivity contribution in [3.8, 4) is 0 Å². The van der Waals surface area contributed by atoms with Gasteiger partial charge in [0.25, 0.3) is 0 Å². The van der Waals surface area contributed by atoms with Gasteiger partial charge in [-0.25, -0.2) is 8.42 Å². The molecule has 0 saturated carbocycles. The van der Waals surface area contributed by atoms with E-state index in [1.165, 1.54) is 5.56 Å². The maximum absolute atomic E-state index is 12.1. The van der Waals surface area contributed by atoms with Crippen LogP contribution in [0.5, 0.6) is 0 Å². The Morgan fingerprint density at radius 3 is 2.69 bits per heavy atom. The van der Waals surface area contributed by atoms with Crippen molar-refractivity contribution in [1.82, 2.24) is 0 Å². The molecule has 8 heteroatoms. The molecule has 0 amide bonds. The topological polar surface area (TPSA) is 49.7 Å². The van der Waals surface area contributed by atoms with E-state index in [2.05, 4.69) is 28.1 Å². The quantitative estimate of drug-likeness (QED) is 0.667. The van der Waals surface area contributed by atoms with E-state index >= 15 is 0 Å². The minimum Gasteiger partial charge on any atom is -0.315 e. The highest BCUT2D eigenvalue weighted by Gasteiger charge is 2.47. The van der Waals surface area contributed by atoms with Crippen molar-refractivity contribution in [3.63, 3.8) is 0 Å². The summed E-state index contributed by atoms with van der Waals surface area (Å²) in [5.74, 6) is 1.03. The predicted octanol–water partition coefficient (Wildman–Crippen LogP) is 4.38. The number of nitrogens with zero attached hydrogens (tertiary/aromatic N) is 2. The molecule has 2 aliphatic heterocycles. The first-order valence-electron chi connectivity index (χ1n) is 8.11. The zero-order valence-electron chi connectivity index (χ0n) is 13.7. The van der Waals surface area contributed by atoms with Gasteiger partial charge in [0.1, 0.15) is 0 Å². The molecule has 136 valence electrons. The Hall–Kier alpha value is -1.02. The van der Waals surface area contributed by atoms with Gasteiger partial charge in [-0.2, -0.15) is 0 Å². The Morgan fingerprint density at radius 2 is 1.96 bits per heavy atom. The van der Waals surface area contributed by atoms with Crippen LogP contribution in [0.15, 0.2) is 58.0 Å². The molecule has 0 spiro atoms. The van der Waals surface area contributed by atoms with Gasteiger partial charge in [-0.3, -0.25) is 4.99 Å². The van der Waals surface area contributed by atoms with Gasteiger partial charge >= 0.3 is 0 Å². The monoisotopic (exact) mass is 470 g/mol. The normalized spacial score (nSPS) is 23.8. The lowest BCUT2D eigenvalue weighted by Crippen LogP contribution is -2.39. The highest BCUT2D eigenvalue weighted by atomic mass is 79.9. The summed E-state index contributed by atoms with van der Waals surface area (Å²) in [6.07, 6.45) is 0. The molecular weight excluding hydrogens is 456 g/mol. The van der Waals surface area contributed by atoms with Crippen LogP contribution < -0.4 is 4.90 Å². The number of halogens is 2. The number of hydrogen-bond acceptors (Lipinski definition) is 5. The molecule has 26 heavy (non-hydrogen) atoms. The van der Waals surface area contributed by atoms with E-state index in [9.17, 15) is 8.42 Å². The van der Waals surface area contributed by atoms with E-state index < -0.39 is 9.84 Å². The van der Waals surface area contributed by atoms with Crippen LogP contribution in [-0.2, 0) is 15.6 Å². The van der Waals surface area contributed by atoms with E-state index in [-0.39, 0.29) is 23.6 Å². The molecule has 0 unspecified atom stereocenters. The minimum atomic E-state index is -3.05. The lowest BCUT2D eigenvalue weighted by molar-refractivity contribution is 0.601. The summed E-state index contributed by atoms with van der Waals surface area (Å²) in [7, 11) is -3.05. The van der Waals surface area contributed by atoms with E-state index in [1.807, 2.05) is 41.3 Å². The molecule has 1 fully saturated rings. The first kappa shape index (κ1) is 18.3. The Kier molecular flexibility index (Phi) is 5.07. The number of rotatable bonds is 3. The van der Waals surface area contributed by atoms with Crippen LogP contribution in [-0.4, -0.2) is 37.2 Å². The van der Waals surface area contributed by atoms with E-state index in [1.54, 1.807) is 11.8 Å². The first-order valence-corrected chi connectivity index (χ1v) is 12.1. The van der Waals surface area contributed by atoms with Crippen LogP contribution in [0.1, 0.15) is 5.56 Å². The zero-order valence-corrected chi connectivity index (χ0v) is 17.7. The van der Waals surface area contributed by atoms with Gasteiger partial charge in [0.15, 0.2) is 15.0 Å². The fraction of sp³-hybridized carbons (Fsp3) is 0.278. The second kappa shape index (κ2) is 7.19. The summed E-state index contributed by atoms with van der Waals surface area (Å²) in [4.78, 5) is 6.79. The van der Waals surface area contributed by atoms with Crippen molar-refractivity contribution in [1.29, 1.82) is 0 Å². The second-order valence-electron chi connectivity index (χ2n) is 6.39. The van der Waals surface area contributed by atoms with Gasteiger partial charge in [0, 0.05) is 20.9 Å². The van der Waals surface area contributed by atoms with Gasteiger partial charge in [0.2, 0.25) is 0 Å². The summed E-state index contributed by atoms with van der Waals surface area (Å²) >= 11 is 11.2. The summed E-state index contributed by atoms with van der Waals surface area (Å²) in [5.41, 5.74) is 2.08. The lowest BCUT2D eigenvalue weighted by atomic mass is 10.1. The molecule has 2 aromatic carbocycles. The van der Waals surface area contributed by atoms with Crippen molar-refractivity contribution < 1.29 is 8.42 Å². The Labute approximate surface area is 170 Å². The fourth-order valence-corrected chi connectivity index (χ4v) is 6.66. The number of fused-ring (bicyclic) bond motifs is 1. The number of thioether (sulfide) groups is 1. The third kappa shape index (κ3) is 3.81. The molecule has 1 saturated heterocycles. The van der Waals surface area contributed by atoms with Gasteiger partial charge in [-0.05, 0) is 35.9 Å². The maximum Gasteiger partial charge on any atom is 0.164 e. The fourth-order valence-electron chi connectivity index (χ4n) is 3.29. The van der Waals surface area contributed by atoms with Gasteiger partial charge < -0.3 is 4.90 Å². The average Bonchev–Trinajstić information content (AvgIpc) is 3.05. The predicted molar refractivity (Wildman–Crippen MR) is 113 cm³/mol. The lowest BCUT2D eigenvalue weighted by Gasteiger charge is -2.26. The molecule has 0 aliphatic carbocycles. The molecule has 2 atom stereocenters. The second-order valence-corrected chi connectivity index (χ2v) is 10.8. The van der Waals surface area contributed by atoms with Gasteiger partial charge in [-0.1, -0.05) is 57.5 Å². The molecule has 0 radical (unpaired) electrons. The minimum absolute atomic E-state index is 0.122. The van der Waals surface area contributed by atoms with Crippen LogP contribution in [0.4, 0.5) is 5.69 Å². The Bertz CT molecular complexity index is 963. The number of anilines is 1. The molecule has 4 rings (SSSR count).